The average Bonchev–Trinajstić information content (AvgIpc) is 3.12. The molecule has 1 amide bonds. The number of aromatic nitrogens is 1. The molecule has 0 aliphatic rings. The number of hydrogen-bond acceptors (Lipinski definition) is 4. The Hall–Kier alpha value is -3.76. The van der Waals surface area contributed by atoms with Gasteiger partial charge in [0, 0.05) is 30.3 Å². The number of benzene rings is 3. The average molecular weight is 521 g/mol. The number of nitrogens with zero attached hydrogens (tertiary/aromatic N) is 1. The zero-order valence-corrected chi connectivity index (χ0v) is 19.5. The highest BCUT2D eigenvalue weighted by Crippen LogP contribution is 2.36. The van der Waals surface area contributed by atoms with Gasteiger partial charge in [-0.3, -0.25) is 4.79 Å². The van der Waals surface area contributed by atoms with Gasteiger partial charge in [-0.2, -0.15) is 0 Å². The molecule has 6 nitrogen and oxygen atoms in total. The normalized spacial score (nSPS) is 11.8. The minimum atomic E-state index is -4.43. The molecule has 0 aliphatic carbocycles. The van der Waals surface area contributed by atoms with Crippen molar-refractivity contribution in [3.8, 4) is 11.5 Å². The van der Waals surface area contributed by atoms with Crippen LogP contribution in [-0.2, 0) is 21.9 Å². The van der Waals surface area contributed by atoms with Gasteiger partial charge >= 0.3 is 0 Å². The number of nitrogens with one attached hydrogen (secondary N) is 1. The van der Waals surface area contributed by atoms with Crippen molar-refractivity contribution in [3.05, 3.63) is 94.9 Å². The predicted octanol–water partition coefficient (Wildman–Crippen LogP) is 5.56. The second-order valence-corrected chi connectivity index (χ2v) is 9.49. The quantitative estimate of drug-likeness (QED) is 0.338. The van der Waals surface area contributed by atoms with Crippen LogP contribution in [0.1, 0.15) is 5.56 Å². The summed E-state index contributed by atoms with van der Waals surface area (Å²) in [5, 5.41) is 0.653. The molecule has 4 aromatic rings. The first-order valence-corrected chi connectivity index (χ1v) is 11.8. The summed E-state index contributed by atoms with van der Waals surface area (Å²) in [6.45, 7) is 0. The summed E-state index contributed by atoms with van der Waals surface area (Å²) < 4.78 is 74.0. The van der Waals surface area contributed by atoms with Crippen LogP contribution in [0.3, 0.4) is 0 Å². The van der Waals surface area contributed by atoms with Gasteiger partial charge in [-0.1, -0.05) is 17.7 Å². The van der Waals surface area contributed by atoms with Gasteiger partial charge in [0.15, 0.2) is 11.6 Å². The zero-order chi connectivity index (χ0) is 25.3. The van der Waals surface area contributed by atoms with E-state index in [1.807, 2.05) is 0 Å². The lowest BCUT2D eigenvalue weighted by atomic mass is 10.1. The SMILES string of the molecule is Cn1cc(/C=C/C(=O)NS(=O)(=O)c2ccc(F)c(F)c2)c2c(Oc3ccc(F)cc3Cl)cccc21. The van der Waals surface area contributed by atoms with Crippen molar-refractivity contribution in [2.45, 2.75) is 4.90 Å². The first kappa shape index (κ1) is 24.4. The fourth-order valence-corrected chi connectivity index (χ4v) is 4.53. The third kappa shape index (κ3) is 5.18. The van der Waals surface area contributed by atoms with Crippen molar-refractivity contribution in [2.24, 2.45) is 7.05 Å². The maximum Gasteiger partial charge on any atom is 0.264 e. The van der Waals surface area contributed by atoms with Crippen LogP contribution >= 0.6 is 11.6 Å². The van der Waals surface area contributed by atoms with E-state index in [-0.39, 0.29) is 10.8 Å². The van der Waals surface area contributed by atoms with E-state index in [0.29, 0.717) is 28.8 Å². The van der Waals surface area contributed by atoms with Gasteiger partial charge < -0.3 is 9.30 Å². The molecule has 0 atom stereocenters. The molecule has 0 bridgehead atoms. The lowest BCUT2D eigenvalue weighted by molar-refractivity contribution is -0.114. The van der Waals surface area contributed by atoms with Gasteiger partial charge in [0.1, 0.15) is 17.3 Å². The second kappa shape index (κ2) is 9.47. The highest BCUT2D eigenvalue weighted by Gasteiger charge is 2.19. The summed E-state index contributed by atoms with van der Waals surface area (Å²) >= 11 is 6.07. The number of fused-ring (bicyclic) bond motifs is 1. The lowest BCUT2D eigenvalue weighted by Gasteiger charge is -2.10. The molecule has 0 radical (unpaired) electrons. The van der Waals surface area contributed by atoms with E-state index in [4.69, 9.17) is 16.3 Å². The topological polar surface area (TPSA) is 77.4 Å². The van der Waals surface area contributed by atoms with Crippen LogP contribution in [0.4, 0.5) is 13.2 Å². The molecule has 0 spiro atoms. The Balaban J connectivity index is 1.63. The Bertz CT molecular complexity index is 1600. The smallest absolute Gasteiger partial charge is 0.264 e. The Labute approximate surface area is 203 Å². The summed E-state index contributed by atoms with van der Waals surface area (Å²) in [6, 6.07) is 10.9. The number of hydrogen-bond donors (Lipinski definition) is 1. The molecule has 180 valence electrons. The molecule has 1 heterocycles. The number of amides is 1. The van der Waals surface area contributed by atoms with Crippen molar-refractivity contribution >= 4 is 44.5 Å². The zero-order valence-electron chi connectivity index (χ0n) is 17.9. The highest BCUT2D eigenvalue weighted by atomic mass is 35.5. The third-order valence-electron chi connectivity index (χ3n) is 4.97. The van der Waals surface area contributed by atoms with E-state index in [0.717, 1.165) is 23.7 Å². The second-order valence-electron chi connectivity index (χ2n) is 7.40. The van der Waals surface area contributed by atoms with Gasteiger partial charge in [0.05, 0.1) is 15.4 Å². The van der Waals surface area contributed by atoms with Crippen LogP contribution in [0.15, 0.2) is 71.8 Å². The molecule has 35 heavy (non-hydrogen) atoms. The number of carbonyl (C=O) groups excluding carboxylic acids is 1. The van der Waals surface area contributed by atoms with Crippen molar-refractivity contribution in [1.82, 2.24) is 9.29 Å². The van der Waals surface area contributed by atoms with Gasteiger partial charge in [-0.15, -0.1) is 0 Å². The first-order valence-electron chi connectivity index (χ1n) is 9.96. The molecular weight excluding hydrogens is 505 g/mol. The van der Waals surface area contributed by atoms with E-state index in [1.54, 1.807) is 40.7 Å². The predicted molar refractivity (Wildman–Crippen MR) is 125 cm³/mol. The van der Waals surface area contributed by atoms with Crippen molar-refractivity contribution < 1.29 is 31.1 Å². The number of rotatable bonds is 6. The van der Waals surface area contributed by atoms with Gasteiger partial charge in [-0.25, -0.2) is 26.3 Å². The molecule has 0 saturated heterocycles. The number of carbonyl (C=O) groups is 1. The molecule has 11 heteroatoms. The number of sulfonamides is 1. The van der Waals surface area contributed by atoms with Crippen LogP contribution in [-0.4, -0.2) is 18.9 Å². The van der Waals surface area contributed by atoms with Crippen LogP contribution in [0.5, 0.6) is 11.5 Å². The molecule has 1 N–H and O–H groups in total. The summed E-state index contributed by atoms with van der Waals surface area (Å²) in [7, 11) is -2.66. The number of halogens is 4. The fourth-order valence-electron chi connectivity index (χ4n) is 3.37. The summed E-state index contributed by atoms with van der Waals surface area (Å²) in [4.78, 5) is 11.7. The fraction of sp³-hybridized carbons (Fsp3) is 0.0417. The molecule has 0 aliphatic heterocycles. The Morgan fingerprint density at radius 1 is 1.03 bits per heavy atom. The Morgan fingerprint density at radius 3 is 2.51 bits per heavy atom. The molecule has 0 saturated carbocycles. The number of aryl methyl sites for hydroxylation is 1. The monoisotopic (exact) mass is 520 g/mol. The largest absolute Gasteiger partial charge is 0.455 e. The summed E-state index contributed by atoms with van der Waals surface area (Å²) in [5.41, 5.74) is 1.24. The van der Waals surface area contributed by atoms with Crippen LogP contribution in [0, 0.1) is 17.5 Å². The molecular formula is C24H16ClF3N2O4S. The highest BCUT2D eigenvalue weighted by molar-refractivity contribution is 7.90. The van der Waals surface area contributed by atoms with Crippen LogP contribution < -0.4 is 9.46 Å². The Morgan fingerprint density at radius 2 is 1.80 bits per heavy atom. The number of ether oxygens (including phenoxy) is 1. The van der Waals surface area contributed by atoms with Gasteiger partial charge in [0.25, 0.3) is 15.9 Å². The van der Waals surface area contributed by atoms with Crippen LogP contribution in [0.2, 0.25) is 5.02 Å². The molecule has 0 unspecified atom stereocenters. The summed E-state index contributed by atoms with van der Waals surface area (Å²) in [5.74, 6) is -3.52. The summed E-state index contributed by atoms with van der Waals surface area (Å²) in [6.07, 6.45) is 4.04. The van der Waals surface area contributed by atoms with E-state index >= 15 is 0 Å². The van der Waals surface area contributed by atoms with E-state index in [1.165, 1.54) is 18.2 Å². The van der Waals surface area contributed by atoms with Gasteiger partial charge in [0.2, 0.25) is 0 Å². The molecule has 1 aromatic heterocycles. The van der Waals surface area contributed by atoms with Crippen molar-refractivity contribution in [3.63, 3.8) is 0 Å². The van der Waals surface area contributed by atoms with Crippen molar-refractivity contribution in [1.29, 1.82) is 0 Å². The maximum atomic E-state index is 13.4. The third-order valence-corrected chi connectivity index (χ3v) is 6.61. The Kier molecular flexibility index (Phi) is 6.60. The minimum Gasteiger partial charge on any atom is -0.455 e. The molecule has 3 aromatic carbocycles. The van der Waals surface area contributed by atoms with Crippen LogP contribution in [0.25, 0.3) is 17.0 Å². The standard InChI is InChI=1S/C24H16ClF3N2O4S/c1-30-13-14(5-10-23(31)29-35(32,33)16-7-8-18(27)19(28)12-16)24-20(30)3-2-4-22(24)34-21-9-6-15(26)11-17(21)25/h2-13H,1H3,(H,29,31)/b10-5+. The first-order chi connectivity index (χ1) is 16.5. The molecule has 0 fully saturated rings. The van der Waals surface area contributed by atoms with Gasteiger partial charge in [-0.05, 0) is 54.6 Å². The lowest BCUT2D eigenvalue weighted by Crippen LogP contribution is -2.29. The van der Waals surface area contributed by atoms with E-state index in [9.17, 15) is 26.4 Å². The van der Waals surface area contributed by atoms with E-state index < -0.39 is 38.3 Å². The minimum absolute atomic E-state index is 0.0665. The van der Waals surface area contributed by atoms with Crippen molar-refractivity contribution in [2.75, 3.05) is 0 Å². The molecule has 4 rings (SSSR count). The maximum absolute atomic E-state index is 13.4. The van der Waals surface area contributed by atoms with E-state index in [2.05, 4.69) is 0 Å².